The fraction of sp³-hybridized carbons (Fsp3) is 0.350. The molecule has 0 bridgehead atoms. The van der Waals surface area contributed by atoms with Crippen molar-refractivity contribution >= 4 is 18.3 Å². The summed E-state index contributed by atoms with van der Waals surface area (Å²) < 4.78 is 40.1. The monoisotopic (exact) mass is 428 g/mol. The summed E-state index contributed by atoms with van der Waals surface area (Å²) in [5, 5.41) is 0. The Balaban J connectivity index is 0.00000300. The number of carbonyl (C=O) groups is 1. The molecule has 3 rings (SSSR count). The number of hydrogen-bond donors (Lipinski definition) is 1. The lowest BCUT2D eigenvalue weighted by Crippen LogP contribution is -2.32. The van der Waals surface area contributed by atoms with Crippen LogP contribution in [0.15, 0.2) is 42.5 Å². The molecular formula is C20H23ClF2N2O4. The normalized spacial score (nSPS) is 18.3. The Morgan fingerprint density at radius 2 is 1.69 bits per heavy atom. The topological polar surface area (TPSA) is 74.0 Å². The molecule has 1 heterocycles. The maximum Gasteiger partial charge on any atom is 0.387 e. The van der Waals surface area contributed by atoms with Crippen molar-refractivity contribution in [2.45, 2.75) is 18.6 Å². The van der Waals surface area contributed by atoms with Crippen LogP contribution in [0.3, 0.4) is 0 Å². The second kappa shape index (κ2) is 9.76. The first-order valence-electron chi connectivity index (χ1n) is 8.75. The van der Waals surface area contributed by atoms with E-state index in [4.69, 9.17) is 15.2 Å². The molecule has 1 aliphatic heterocycles. The predicted molar refractivity (Wildman–Crippen MR) is 106 cm³/mol. The van der Waals surface area contributed by atoms with Gasteiger partial charge in [0.25, 0.3) is 5.91 Å². The highest BCUT2D eigenvalue weighted by Crippen LogP contribution is 2.40. The van der Waals surface area contributed by atoms with E-state index < -0.39 is 6.61 Å². The van der Waals surface area contributed by atoms with Crippen LogP contribution in [-0.4, -0.2) is 50.8 Å². The molecule has 29 heavy (non-hydrogen) atoms. The molecule has 0 aliphatic carbocycles. The van der Waals surface area contributed by atoms with Crippen LogP contribution in [0.5, 0.6) is 17.2 Å². The number of halogens is 3. The van der Waals surface area contributed by atoms with Gasteiger partial charge in [-0.1, -0.05) is 30.3 Å². The van der Waals surface area contributed by atoms with Gasteiger partial charge in [-0.25, -0.2) is 0 Å². The van der Waals surface area contributed by atoms with Crippen LogP contribution in [0.1, 0.15) is 21.8 Å². The molecule has 6 nitrogen and oxygen atoms in total. The van der Waals surface area contributed by atoms with Gasteiger partial charge in [-0.3, -0.25) is 4.79 Å². The molecule has 2 aromatic carbocycles. The summed E-state index contributed by atoms with van der Waals surface area (Å²) >= 11 is 0. The third kappa shape index (κ3) is 4.89. The molecule has 0 unspecified atom stereocenters. The molecular weight excluding hydrogens is 406 g/mol. The smallest absolute Gasteiger partial charge is 0.387 e. The number of ether oxygens (including phenoxy) is 3. The van der Waals surface area contributed by atoms with E-state index in [1.807, 2.05) is 30.3 Å². The molecule has 1 saturated heterocycles. The zero-order chi connectivity index (χ0) is 20.3. The first kappa shape index (κ1) is 22.7. The lowest BCUT2D eigenvalue weighted by molar-refractivity contribution is -0.0526. The van der Waals surface area contributed by atoms with Crippen molar-refractivity contribution in [3.63, 3.8) is 0 Å². The molecule has 2 N–H and O–H groups in total. The summed E-state index contributed by atoms with van der Waals surface area (Å²) in [6.07, 6.45) is 0. The Morgan fingerprint density at radius 1 is 1.10 bits per heavy atom. The van der Waals surface area contributed by atoms with Gasteiger partial charge in [-0.05, 0) is 17.7 Å². The molecule has 0 radical (unpaired) electrons. The minimum Gasteiger partial charge on any atom is -0.493 e. The molecule has 1 amide bonds. The maximum atomic E-state index is 13.0. The summed E-state index contributed by atoms with van der Waals surface area (Å²) in [5.41, 5.74) is 7.58. The summed E-state index contributed by atoms with van der Waals surface area (Å²) in [5.74, 6) is -0.529. The summed E-state index contributed by atoms with van der Waals surface area (Å²) in [7, 11) is 2.61. The maximum absolute atomic E-state index is 13.0. The highest BCUT2D eigenvalue weighted by Gasteiger charge is 2.35. The number of likely N-dealkylation sites (tertiary alicyclic amines) is 1. The van der Waals surface area contributed by atoms with Gasteiger partial charge in [0.2, 0.25) is 5.75 Å². The van der Waals surface area contributed by atoms with E-state index in [2.05, 4.69) is 4.74 Å². The Kier molecular flexibility index (Phi) is 7.64. The van der Waals surface area contributed by atoms with Crippen LogP contribution in [0.2, 0.25) is 0 Å². The van der Waals surface area contributed by atoms with Crippen LogP contribution < -0.4 is 19.9 Å². The Morgan fingerprint density at radius 3 is 2.21 bits per heavy atom. The largest absolute Gasteiger partial charge is 0.493 e. The number of benzene rings is 2. The summed E-state index contributed by atoms with van der Waals surface area (Å²) in [6.45, 7) is -2.20. The first-order chi connectivity index (χ1) is 13.4. The minimum atomic E-state index is -3.05. The van der Waals surface area contributed by atoms with Crippen LogP contribution in [-0.2, 0) is 0 Å². The van der Waals surface area contributed by atoms with Crippen molar-refractivity contribution in [2.75, 3.05) is 27.3 Å². The lowest BCUT2D eigenvalue weighted by Gasteiger charge is -2.19. The number of rotatable bonds is 6. The van der Waals surface area contributed by atoms with Crippen molar-refractivity contribution < 1.29 is 27.8 Å². The van der Waals surface area contributed by atoms with Gasteiger partial charge in [-0.15, -0.1) is 12.4 Å². The number of hydrogen-bond acceptors (Lipinski definition) is 5. The highest BCUT2D eigenvalue weighted by molar-refractivity contribution is 5.96. The molecule has 1 fully saturated rings. The number of amides is 1. The minimum absolute atomic E-state index is 0. The van der Waals surface area contributed by atoms with E-state index in [-0.39, 0.29) is 53.1 Å². The van der Waals surface area contributed by atoms with E-state index in [1.54, 1.807) is 4.90 Å². The zero-order valence-electron chi connectivity index (χ0n) is 16.0. The van der Waals surface area contributed by atoms with E-state index in [9.17, 15) is 13.6 Å². The molecule has 158 valence electrons. The van der Waals surface area contributed by atoms with Crippen molar-refractivity contribution in [1.82, 2.24) is 4.90 Å². The molecule has 0 aromatic heterocycles. The Hall–Kier alpha value is -2.58. The van der Waals surface area contributed by atoms with Crippen molar-refractivity contribution in [3.8, 4) is 17.2 Å². The highest BCUT2D eigenvalue weighted by atomic mass is 35.5. The van der Waals surface area contributed by atoms with Gasteiger partial charge < -0.3 is 24.8 Å². The standard InChI is InChI=1S/C20H22F2N2O4.ClH/c1-26-16-8-13(9-17(27-2)18(16)28-20(21)22)19(25)24-10-14(15(23)11-24)12-6-4-3-5-7-12;/h3-9,14-15,20H,10-11,23H2,1-2H3;1H/t14-,15+;/m0./s1. The van der Waals surface area contributed by atoms with Gasteiger partial charge in [0.15, 0.2) is 11.5 Å². The van der Waals surface area contributed by atoms with Gasteiger partial charge in [-0.2, -0.15) is 8.78 Å². The first-order valence-corrected chi connectivity index (χ1v) is 8.75. The van der Waals surface area contributed by atoms with Gasteiger partial charge in [0.05, 0.1) is 14.2 Å². The van der Waals surface area contributed by atoms with Crippen LogP contribution in [0, 0.1) is 0 Å². The van der Waals surface area contributed by atoms with Crippen molar-refractivity contribution in [2.24, 2.45) is 5.73 Å². The molecule has 2 atom stereocenters. The fourth-order valence-corrected chi connectivity index (χ4v) is 3.44. The predicted octanol–water partition coefficient (Wildman–Crippen LogP) is 3.29. The molecule has 9 heteroatoms. The van der Waals surface area contributed by atoms with E-state index in [0.717, 1.165) is 5.56 Å². The van der Waals surface area contributed by atoms with Crippen LogP contribution in [0.25, 0.3) is 0 Å². The number of methoxy groups -OCH3 is 2. The second-order valence-corrected chi connectivity index (χ2v) is 6.48. The number of carbonyl (C=O) groups excluding carboxylic acids is 1. The molecule has 2 aromatic rings. The number of nitrogens with zero attached hydrogens (tertiary/aromatic N) is 1. The third-order valence-electron chi connectivity index (χ3n) is 4.79. The Labute approximate surface area is 173 Å². The number of nitrogens with two attached hydrogens (primary N) is 1. The summed E-state index contributed by atoms with van der Waals surface area (Å²) in [4.78, 5) is 14.7. The van der Waals surface area contributed by atoms with E-state index in [0.29, 0.717) is 13.1 Å². The van der Waals surface area contributed by atoms with Gasteiger partial charge in [0.1, 0.15) is 0 Å². The van der Waals surface area contributed by atoms with E-state index >= 15 is 0 Å². The fourth-order valence-electron chi connectivity index (χ4n) is 3.44. The zero-order valence-corrected chi connectivity index (χ0v) is 16.8. The van der Waals surface area contributed by atoms with Crippen molar-refractivity contribution in [1.29, 1.82) is 0 Å². The van der Waals surface area contributed by atoms with Gasteiger partial charge in [0, 0.05) is 30.6 Å². The van der Waals surface area contributed by atoms with E-state index in [1.165, 1.54) is 26.4 Å². The average molecular weight is 429 g/mol. The third-order valence-corrected chi connectivity index (χ3v) is 4.79. The molecule has 1 aliphatic rings. The quantitative estimate of drug-likeness (QED) is 0.764. The SMILES string of the molecule is COc1cc(C(=O)N2C[C@@H](N)[C@H](c3ccccc3)C2)cc(OC)c1OC(F)F.Cl. The van der Waals surface area contributed by atoms with Crippen LogP contribution in [0.4, 0.5) is 8.78 Å². The lowest BCUT2D eigenvalue weighted by atomic mass is 9.95. The van der Waals surface area contributed by atoms with Crippen LogP contribution >= 0.6 is 12.4 Å². The Bertz CT molecular complexity index is 813. The summed E-state index contributed by atoms with van der Waals surface area (Å²) in [6, 6.07) is 12.3. The molecule has 0 spiro atoms. The molecule has 0 saturated carbocycles. The van der Waals surface area contributed by atoms with Gasteiger partial charge >= 0.3 is 6.61 Å². The van der Waals surface area contributed by atoms with Crippen molar-refractivity contribution in [3.05, 3.63) is 53.6 Å². The number of alkyl halides is 2. The second-order valence-electron chi connectivity index (χ2n) is 6.48. The average Bonchev–Trinajstić information content (AvgIpc) is 3.09.